The topological polar surface area (TPSA) is 96.7 Å². The third-order valence-electron chi connectivity index (χ3n) is 4.91. The summed E-state index contributed by atoms with van der Waals surface area (Å²) >= 11 is 1.45. The first kappa shape index (κ1) is 21.4. The number of hydrogen-bond donors (Lipinski definition) is 0. The first-order valence-corrected chi connectivity index (χ1v) is 10.7. The molecular weight excluding hydrogens is 396 g/mol. The van der Waals surface area contributed by atoms with E-state index in [1.165, 1.54) is 15.9 Å². The third kappa shape index (κ3) is 4.51. The average molecular weight is 423 g/mol. The molecule has 1 atom stereocenters. The predicted octanol–water partition coefficient (Wildman–Crippen LogP) is 2.33. The van der Waals surface area contributed by atoms with Crippen LogP contribution in [0.25, 0.3) is 10.2 Å². The highest BCUT2D eigenvalue weighted by Gasteiger charge is 2.33. The van der Waals surface area contributed by atoms with Crippen molar-refractivity contribution in [2.45, 2.75) is 52.5 Å². The van der Waals surface area contributed by atoms with E-state index in [0.717, 1.165) is 23.3 Å². The van der Waals surface area contributed by atoms with Gasteiger partial charge in [0, 0.05) is 11.5 Å². The van der Waals surface area contributed by atoms with E-state index in [0.29, 0.717) is 42.3 Å². The van der Waals surface area contributed by atoms with E-state index in [2.05, 4.69) is 4.98 Å². The lowest BCUT2D eigenvalue weighted by atomic mass is 9.86. The summed E-state index contributed by atoms with van der Waals surface area (Å²) in [6.07, 6.45) is 2.32. The number of aryl methyl sites for hydroxylation is 2. The Morgan fingerprint density at radius 3 is 2.72 bits per heavy atom. The van der Waals surface area contributed by atoms with Crippen molar-refractivity contribution in [1.82, 2.24) is 9.55 Å². The van der Waals surface area contributed by atoms with Crippen LogP contribution in [0.3, 0.4) is 0 Å². The van der Waals surface area contributed by atoms with E-state index in [9.17, 15) is 14.4 Å². The molecule has 1 unspecified atom stereocenters. The molecule has 0 radical (unpaired) electrons. The Hall–Kier alpha value is -2.26. The maximum absolute atomic E-state index is 13.3. The van der Waals surface area contributed by atoms with Gasteiger partial charge in [-0.05, 0) is 45.6 Å². The number of hydrogen-bond acceptors (Lipinski definition) is 8. The molecule has 2 aromatic heterocycles. The van der Waals surface area contributed by atoms with Gasteiger partial charge in [-0.1, -0.05) is 0 Å². The molecule has 0 saturated heterocycles. The SMILES string of the molecule is CCOCCOC(=O)Cn1c(C)nc2sc3c(c2c1=O)C(C(=O)OCC)CCC3. The van der Waals surface area contributed by atoms with Crippen LogP contribution in [0.2, 0.25) is 0 Å². The second-order valence-corrected chi connectivity index (χ2v) is 7.87. The lowest BCUT2D eigenvalue weighted by molar-refractivity contribution is -0.146. The van der Waals surface area contributed by atoms with Gasteiger partial charge in [0.15, 0.2) is 0 Å². The number of rotatable bonds is 8. The zero-order valence-corrected chi connectivity index (χ0v) is 17.8. The normalized spacial score (nSPS) is 15.9. The highest BCUT2D eigenvalue weighted by Crippen LogP contribution is 2.41. The first-order valence-electron chi connectivity index (χ1n) is 9.90. The van der Waals surface area contributed by atoms with Crippen molar-refractivity contribution in [3.8, 4) is 0 Å². The van der Waals surface area contributed by atoms with Gasteiger partial charge in [-0.25, -0.2) is 4.98 Å². The molecule has 29 heavy (non-hydrogen) atoms. The number of nitrogens with zero attached hydrogens (tertiary/aromatic N) is 2. The predicted molar refractivity (Wildman–Crippen MR) is 108 cm³/mol. The molecule has 2 aromatic rings. The van der Waals surface area contributed by atoms with Crippen LogP contribution >= 0.6 is 11.3 Å². The molecule has 1 aliphatic rings. The lowest BCUT2D eigenvalue weighted by Crippen LogP contribution is -2.30. The van der Waals surface area contributed by atoms with Gasteiger partial charge >= 0.3 is 11.9 Å². The van der Waals surface area contributed by atoms with Gasteiger partial charge in [-0.2, -0.15) is 0 Å². The van der Waals surface area contributed by atoms with Gasteiger partial charge in [-0.15, -0.1) is 11.3 Å². The fourth-order valence-electron chi connectivity index (χ4n) is 3.62. The summed E-state index contributed by atoms with van der Waals surface area (Å²) in [6.45, 7) is 6.37. The van der Waals surface area contributed by atoms with E-state index in [1.807, 2.05) is 6.92 Å². The van der Waals surface area contributed by atoms with Gasteiger partial charge < -0.3 is 14.2 Å². The van der Waals surface area contributed by atoms with Crippen molar-refractivity contribution in [2.75, 3.05) is 26.4 Å². The molecule has 0 fully saturated rings. The van der Waals surface area contributed by atoms with Gasteiger partial charge in [0.05, 0.1) is 24.5 Å². The summed E-state index contributed by atoms with van der Waals surface area (Å²) in [6, 6.07) is 0. The molecule has 0 saturated carbocycles. The Morgan fingerprint density at radius 2 is 2.00 bits per heavy atom. The number of carbonyl (C=O) groups is 2. The van der Waals surface area contributed by atoms with Crippen molar-refractivity contribution in [3.63, 3.8) is 0 Å². The number of aromatic nitrogens is 2. The number of ether oxygens (including phenoxy) is 3. The number of esters is 2. The Kier molecular flexibility index (Phi) is 7.02. The molecule has 0 amide bonds. The Bertz CT molecular complexity index is 964. The zero-order valence-electron chi connectivity index (χ0n) is 17.0. The van der Waals surface area contributed by atoms with Gasteiger partial charge in [-0.3, -0.25) is 19.0 Å². The van der Waals surface area contributed by atoms with Gasteiger partial charge in [0.2, 0.25) is 0 Å². The largest absolute Gasteiger partial charge is 0.466 e. The average Bonchev–Trinajstić information content (AvgIpc) is 3.06. The van der Waals surface area contributed by atoms with Crippen molar-refractivity contribution in [1.29, 1.82) is 0 Å². The third-order valence-corrected chi connectivity index (χ3v) is 6.07. The summed E-state index contributed by atoms with van der Waals surface area (Å²) in [4.78, 5) is 44.1. The van der Waals surface area contributed by atoms with Crippen LogP contribution in [0.1, 0.15) is 48.9 Å². The fourth-order valence-corrected chi connectivity index (χ4v) is 4.93. The van der Waals surface area contributed by atoms with Crippen molar-refractivity contribution >= 4 is 33.5 Å². The minimum atomic E-state index is -0.526. The van der Waals surface area contributed by atoms with Crippen LogP contribution in [-0.4, -0.2) is 47.9 Å². The smallest absolute Gasteiger partial charge is 0.326 e. The van der Waals surface area contributed by atoms with E-state index < -0.39 is 11.9 Å². The standard InChI is InChI=1S/C20H26N2O6S/c1-4-26-9-10-28-15(23)11-22-12(3)21-18-17(19(22)24)16-13(20(25)27-5-2)7-6-8-14(16)29-18/h13H,4-11H2,1-3H3. The second-order valence-electron chi connectivity index (χ2n) is 6.78. The summed E-state index contributed by atoms with van der Waals surface area (Å²) in [5.74, 6) is -0.858. The van der Waals surface area contributed by atoms with Crippen LogP contribution in [-0.2, 0) is 36.8 Å². The molecular formula is C20H26N2O6S. The molecule has 0 aromatic carbocycles. The van der Waals surface area contributed by atoms with E-state index in [-0.39, 0.29) is 24.7 Å². The zero-order chi connectivity index (χ0) is 21.0. The molecule has 0 spiro atoms. The molecule has 1 aliphatic carbocycles. The Labute approximate surface area is 172 Å². The quantitative estimate of drug-likeness (QED) is 0.476. The van der Waals surface area contributed by atoms with Crippen LogP contribution in [0, 0.1) is 6.92 Å². The molecule has 0 N–H and O–H groups in total. The van der Waals surface area contributed by atoms with E-state index >= 15 is 0 Å². The minimum absolute atomic E-state index is 0.134. The summed E-state index contributed by atoms with van der Waals surface area (Å²) in [5, 5.41) is 0.426. The molecule has 0 aliphatic heterocycles. The number of fused-ring (bicyclic) bond motifs is 3. The van der Waals surface area contributed by atoms with Crippen LogP contribution in [0.15, 0.2) is 4.79 Å². The number of carbonyl (C=O) groups excluding carboxylic acids is 2. The van der Waals surface area contributed by atoms with Crippen molar-refractivity contribution in [3.05, 3.63) is 26.6 Å². The van der Waals surface area contributed by atoms with E-state index in [1.54, 1.807) is 13.8 Å². The first-order chi connectivity index (χ1) is 14.0. The van der Waals surface area contributed by atoms with Gasteiger partial charge in [0.25, 0.3) is 5.56 Å². The highest BCUT2D eigenvalue weighted by atomic mass is 32.1. The Balaban J connectivity index is 1.95. The Morgan fingerprint density at radius 1 is 1.21 bits per heavy atom. The van der Waals surface area contributed by atoms with Crippen molar-refractivity contribution < 1.29 is 23.8 Å². The van der Waals surface area contributed by atoms with Gasteiger partial charge in [0.1, 0.15) is 23.8 Å². The highest BCUT2D eigenvalue weighted by molar-refractivity contribution is 7.18. The van der Waals surface area contributed by atoms with Crippen LogP contribution < -0.4 is 5.56 Å². The maximum Gasteiger partial charge on any atom is 0.326 e. The van der Waals surface area contributed by atoms with Crippen molar-refractivity contribution in [2.24, 2.45) is 0 Å². The molecule has 2 heterocycles. The molecule has 0 bridgehead atoms. The van der Waals surface area contributed by atoms with E-state index in [4.69, 9.17) is 14.2 Å². The van der Waals surface area contributed by atoms with Crippen LogP contribution in [0.5, 0.6) is 0 Å². The molecule has 8 nitrogen and oxygen atoms in total. The molecule has 158 valence electrons. The summed E-state index contributed by atoms with van der Waals surface area (Å²) < 4.78 is 16.8. The minimum Gasteiger partial charge on any atom is -0.466 e. The molecule has 9 heteroatoms. The number of thiophene rings is 1. The second kappa shape index (κ2) is 9.49. The summed E-state index contributed by atoms with van der Waals surface area (Å²) in [7, 11) is 0. The monoisotopic (exact) mass is 422 g/mol. The molecule has 3 rings (SSSR count). The fraction of sp³-hybridized carbons (Fsp3) is 0.600. The lowest BCUT2D eigenvalue weighted by Gasteiger charge is -2.21. The maximum atomic E-state index is 13.3. The van der Waals surface area contributed by atoms with Crippen LogP contribution in [0.4, 0.5) is 0 Å². The summed E-state index contributed by atoms with van der Waals surface area (Å²) in [5.41, 5.74) is 0.411.